The second kappa shape index (κ2) is 7.08. The van der Waals surface area contributed by atoms with Crippen molar-refractivity contribution in [3.63, 3.8) is 0 Å². The van der Waals surface area contributed by atoms with Crippen LogP contribution in [-0.4, -0.2) is 13.1 Å². The molecule has 1 aliphatic carbocycles. The average Bonchev–Trinajstić information content (AvgIpc) is 2.96. The lowest BCUT2D eigenvalue weighted by atomic mass is 10.0. The number of rotatable bonds is 7. The summed E-state index contributed by atoms with van der Waals surface area (Å²) < 4.78 is 0. The van der Waals surface area contributed by atoms with E-state index < -0.39 is 0 Å². The van der Waals surface area contributed by atoms with E-state index in [1.54, 1.807) is 11.3 Å². The summed E-state index contributed by atoms with van der Waals surface area (Å²) in [4.78, 5) is 0. The van der Waals surface area contributed by atoms with Crippen molar-refractivity contribution in [2.24, 2.45) is 5.92 Å². The van der Waals surface area contributed by atoms with Gasteiger partial charge in [0, 0.05) is 0 Å². The standard InChI is InChI=1S/C14H23NS/c1-2-5-13(4-1)6-3-9-15-10-7-14-8-11-16-12-14/h8,11-13,15H,1-7,9-10H2. The third-order valence-corrected chi connectivity index (χ3v) is 4.34. The van der Waals surface area contributed by atoms with Gasteiger partial charge < -0.3 is 5.32 Å². The molecule has 1 heterocycles. The van der Waals surface area contributed by atoms with Crippen LogP contribution in [0.4, 0.5) is 0 Å². The number of nitrogens with one attached hydrogen (secondary N) is 1. The molecule has 0 saturated heterocycles. The minimum absolute atomic E-state index is 1.05. The van der Waals surface area contributed by atoms with Gasteiger partial charge >= 0.3 is 0 Å². The van der Waals surface area contributed by atoms with Gasteiger partial charge in [-0.15, -0.1) is 0 Å². The molecule has 0 aliphatic heterocycles. The zero-order valence-corrected chi connectivity index (χ0v) is 10.9. The molecular formula is C14H23NS. The largest absolute Gasteiger partial charge is 0.316 e. The molecule has 0 spiro atoms. The highest BCUT2D eigenvalue weighted by atomic mass is 32.1. The topological polar surface area (TPSA) is 12.0 Å². The van der Waals surface area contributed by atoms with E-state index in [2.05, 4.69) is 22.1 Å². The van der Waals surface area contributed by atoms with Crippen LogP contribution >= 0.6 is 11.3 Å². The van der Waals surface area contributed by atoms with Crippen molar-refractivity contribution in [2.75, 3.05) is 13.1 Å². The van der Waals surface area contributed by atoms with Gasteiger partial charge in [-0.3, -0.25) is 0 Å². The molecule has 1 fully saturated rings. The smallest absolute Gasteiger partial charge is 0.000806 e. The Hall–Kier alpha value is -0.340. The van der Waals surface area contributed by atoms with Crippen LogP contribution in [0.1, 0.15) is 44.1 Å². The Balaban J connectivity index is 1.43. The fraction of sp³-hybridized carbons (Fsp3) is 0.714. The van der Waals surface area contributed by atoms with Crippen LogP contribution in [0, 0.1) is 5.92 Å². The Kier molecular flexibility index (Phi) is 5.36. The van der Waals surface area contributed by atoms with Crippen molar-refractivity contribution in [1.82, 2.24) is 5.32 Å². The van der Waals surface area contributed by atoms with Crippen molar-refractivity contribution in [1.29, 1.82) is 0 Å². The van der Waals surface area contributed by atoms with Crippen LogP contribution in [0.25, 0.3) is 0 Å². The lowest BCUT2D eigenvalue weighted by Crippen LogP contribution is -2.18. The third kappa shape index (κ3) is 4.26. The second-order valence-corrected chi connectivity index (χ2v) is 5.70. The van der Waals surface area contributed by atoms with Crippen molar-refractivity contribution >= 4 is 11.3 Å². The van der Waals surface area contributed by atoms with E-state index in [0.29, 0.717) is 0 Å². The zero-order chi connectivity index (χ0) is 11.1. The van der Waals surface area contributed by atoms with Gasteiger partial charge in [0.2, 0.25) is 0 Å². The molecule has 1 N–H and O–H groups in total. The first kappa shape index (κ1) is 12.1. The Labute approximate surface area is 103 Å². The Morgan fingerprint density at radius 1 is 1.25 bits per heavy atom. The van der Waals surface area contributed by atoms with E-state index in [4.69, 9.17) is 0 Å². The predicted octanol–water partition coefficient (Wildman–Crippen LogP) is 3.85. The highest BCUT2D eigenvalue weighted by molar-refractivity contribution is 7.07. The van der Waals surface area contributed by atoms with Crippen molar-refractivity contribution in [2.45, 2.75) is 44.9 Å². The SMILES string of the molecule is c1cc(CCNCCCC2CCCC2)cs1. The van der Waals surface area contributed by atoms with Gasteiger partial charge in [-0.05, 0) is 60.7 Å². The summed E-state index contributed by atoms with van der Waals surface area (Å²) in [5, 5.41) is 7.96. The molecule has 0 radical (unpaired) electrons. The molecule has 90 valence electrons. The monoisotopic (exact) mass is 237 g/mol. The summed E-state index contributed by atoms with van der Waals surface area (Å²) >= 11 is 1.80. The van der Waals surface area contributed by atoms with Gasteiger partial charge in [0.15, 0.2) is 0 Å². The molecule has 2 heteroatoms. The highest BCUT2D eigenvalue weighted by Gasteiger charge is 2.13. The average molecular weight is 237 g/mol. The molecule has 0 amide bonds. The maximum Gasteiger partial charge on any atom is -0.000806 e. The first-order chi connectivity index (χ1) is 7.95. The molecule has 1 aromatic rings. The van der Waals surface area contributed by atoms with Crippen LogP contribution in [0.3, 0.4) is 0 Å². The lowest BCUT2D eigenvalue weighted by molar-refractivity contribution is 0.471. The molecular weight excluding hydrogens is 214 g/mol. The van der Waals surface area contributed by atoms with Crippen molar-refractivity contribution < 1.29 is 0 Å². The molecule has 1 saturated carbocycles. The normalized spacial score (nSPS) is 17.0. The van der Waals surface area contributed by atoms with Crippen LogP contribution in [0.2, 0.25) is 0 Å². The Morgan fingerprint density at radius 2 is 2.12 bits per heavy atom. The molecule has 1 aliphatic rings. The van der Waals surface area contributed by atoms with Gasteiger partial charge in [-0.1, -0.05) is 25.7 Å². The second-order valence-electron chi connectivity index (χ2n) is 4.92. The predicted molar refractivity (Wildman–Crippen MR) is 72.1 cm³/mol. The minimum atomic E-state index is 1.05. The summed E-state index contributed by atoms with van der Waals surface area (Å²) in [5.41, 5.74) is 1.48. The summed E-state index contributed by atoms with van der Waals surface area (Å²) in [7, 11) is 0. The Morgan fingerprint density at radius 3 is 2.88 bits per heavy atom. The number of thiophene rings is 1. The third-order valence-electron chi connectivity index (χ3n) is 3.61. The fourth-order valence-corrected chi connectivity index (χ4v) is 3.31. The van der Waals surface area contributed by atoms with E-state index in [1.165, 1.54) is 57.1 Å². The lowest BCUT2D eigenvalue weighted by Gasteiger charge is -2.08. The fourth-order valence-electron chi connectivity index (χ4n) is 2.61. The number of hydrogen-bond donors (Lipinski definition) is 1. The van der Waals surface area contributed by atoms with E-state index in [0.717, 1.165) is 12.5 Å². The summed E-state index contributed by atoms with van der Waals surface area (Å²) in [5.74, 6) is 1.05. The van der Waals surface area contributed by atoms with Crippen LogP contribution in [-0.2, 0) is 6.42 Å². The molecule has 2 rings (SSSR count). The molecule has 0 bridgehead atoms. The van der Waals surface area contributed by atoms with E-state index >= 15 is 0 Å². The van der Waals surface area contributed by atoms with Gasteiger partial charge in [-0.2, -0.15) is 11.3 Å². The molecule has 0 aromatic carbocycles. The molecule has 0 unspecified atom stereocenters. The van der Waals surface area contributed by atoms with Gasteiger partial charge in [0.1, 0.15) is 0 Å². The molecule has 16 heavy (non-hydrogen) atoms. The summed E-state index contributed by atoms with van der Waals surface area (Å²) in [6.07, 6.45) is 9.96. The van der Waals surface area contributed by atoms with E-state index in [-0.39, 0.29) is 0 Å². The van der Waals surface area contributed by atoms with E-state index in [9.17, 15) is 0 Å². The Bertz CT molecular complexity index is 262. The van der Waals surface area contributed by atoms with Crippen LogP contribution < -0.4 is 5.32 Å². The van der Waals surface area contributed by atoms with Gasteiger partial charge in [0.25, 0.3) is 0 Å². The van der Waals surface area contributed by atoms with E-state index in [1.807, 2.05) is 0 Å². The van der Waals surface area contributed by atoms with Gasteiger partial charge in [0.05, 0.1) is 0 Å². The number of hydrogen-bond acceptors (Lipinski definition) is 2. The summed E-state index contributed by atoms with van der Waals surface area (Å²) in [6.45, 7) is 2.35. The zero-order valence-electron chi connectivity index (χ0n) is 10.1. The molecule has 1 nitrogen and oxygen atoms in total. The van der Waals surface area contributed by atoms with Crippen LogP contribution in [0.5, 0.6) is 0 Å². The molecule has 1 aromatic heterocycles. The first-order valence-corrected chi connectivity index (χ1v) is 7.61. The van der Waals surface area contributed by atoms with Crippen LogP contribution in [0.15, 0.2) is 16.8 Å². The quantitative estimate of drug-likeness (QED) is 0.710. The first-order valence-electron chi connectivity index (χ1n) is 6.67. The maximum atomic E-state index is 3.55. The highest BCUT2D eigenvalue weighted by Crippen LogP contribution is 2.28. The maximum absolute atomic E-state index is 3.55. The minimum Gasteiger partial charge on any atom is -0.316 e. The van der Waals surface area contributed by atoms with Crippen molar-refractivity contribution in [3.05, 3.63) is 22.4 Å². The molecule has 0 atom stereocenters. The van der Waals surface area contributed by atoms with Gasteiger partial charge in [-0.25, -0.2) is 0 Å². The van der Waals surface area contributed by atoms with Crippen molar-refractivity contribution in [3.8, 4) is 0 Å². The summed E-state index contributed by atoms with van der Waals surface area (Å²) in [6, 6.07) is 2.23.